The number of esters is 3. The molecule has 6 nitrogen and oxygen atoms in total. The second kappa shape index (κ2) is 51.0. The largest absolute Gasteiger partial charge is 0.462 e. The Morgan fingerprint density at radius 1 is 0.317 bits per heavy atom. The number of rotatable bonds is 45. The average molecular weight is 875 g/mol. The molecule has 63 heavy (non-hydrogen) atoms. The summed E-state index contributed by atoms with van der Waals surface area (Å²) in [4.78, 5) is 37.9. The molecule has 1 atom stereocenters. The van der Waals surface area contributed by atoms with E-state index in [4.69, 9.17) is 14.2 Å². The minimum absolute atomic E-state index is 0.120. The molecule has 0 radical (unpaired) electrons. The van der Waals surface area contributed by atoms with Gasteiger partial charge in [-0.25, -0.2) is 0 Å². The summed E-state index contributed by atoms with van der Waals surface area (Å²) in [5, 5.41) is 0. The Bertz CT molecular complexity index is 1280. The fraction of sp³-hybridized carbons (Fsp3) is 0.667. The lowest BCUT2D eigenvalue weighted by Crippen LogP contribution is -2.30. The van der Waals surface area contributed by atoms with Crippen molar-refractivity contribution < 1.29 is 28.6 Å². The maximum absolute atomic E-state index is 12.8. The summed E-state index contributed by atoms with van der Waals surface area (Å²) in [6.45, 7) is 6.45. The fourth-order valence-electron chi connectivity index (χ4n) is 6.61. The molecule has 0 aliphatic carbocycles. The highest BCUT2D eigenvalue weighted by molar-refractivity contribution is 5.71. The van der Waals surface area contributed by atoms with Crippen LogP contribution in [-0.4, -0.2) is 37.2 Å². The van der Waals surface area contributed by atoms with Gasteiger partial charge in [-0.2, -0.15) is 0 Å². The maximum atomic E-state index is 12.8. The van der Waals surface area contributed by atoms with Crippen molar-refractivity contribution in [3.8, 4) is 0 Å². The molecule has 0 rings (SSSR count). The molecular formula is C57H94O6. The maximum Gasteiger partial charge on any atom is 0.306 e. The highest BCUT2D eigenvalue weighted by Crippen LogP contribution is 2.12. The average Bonchev–Trinajstić information content (AvgIpc) is 3.28. The third-order valence-electron chi connectivity index (χ3n) is 10.5. The van der Waals surface area contributed by atoms with Gasteiger partial charge in [-0.1, -0.05) is 195 Å². The monoisotopic (exact) mass is 875 g/mol. The van der Waals surface area contributed by atoms with E-state index in [1.165, 1.54) is 96.3 Å². The first kappa shape index (κ1) is 59.3. The molecule has 0 saturated heterocycles. The quantitative estimate of drug-likeness (QED) is 0.0262. The van der Waals surface area contributed by atoms with Gasteiger partial charge in [0.1, 0.15) is 13.2 Å². The molecule has 0 aliphatic heterocycles. The lowest BCUT2D eigenvalue weighted by molar-refractivity contribution is -0.167. The number of carbonyl (C=O) groups excluding carboxylic acids is 3. The van der Waals surface area contributed by atoms with E-state index in [1.807, 2.05) is 0 Å². The second-order valence-electron chi connectivity index (χ2n) is 16.7. The first-order valence-corrected chi connectivity index (χ1v) is 25.7. The second-order valence-corrected chi connectivity index (χ2v) is 16.7. The Morgan fingerprint density at radius 2 is 0.603 bits per heavy atom. The SMILES string of the molecule is CCCC/C=C\CCCCCCCC(=O)OCC(COC(=O)CCC/C=C\C/C=C\C/C=C\C/C=C\CCCCC)OC(=O)CCC/C=C\C/C=C\C/C=C\CCCCCCCC. The number of hydrogen-bond acceptors (Lipinski definition) is 6. The lowest BCUT2D eigenvalue weighted by Gasteiger charge is -2.18. The Kier molecular flexibility index (Phi) is 48.0. The van der Waals surface area contributed by atoms with Crippen LogP contribution < -0.4 is 0 Å². The molecule has 0 N–H and O–H groups in total. The molecule has 6 heteroatoms. The van der Waals surface area contributed by atoms with Crippen LogP contribution in [-0.2, 0) is 28.6 Å². The van der Waals surface area contributed by atoms with Crippen LogP contribution in [0.3, 0.4) is 0 Å². The third-order valence-corrected chi connectivity index (χ3v) is 10.5. The van der Waals surface area contributed by atoms with E-state index in [9.17, 15) is 14.4 Å². The van der Waals surface area contributed by atoms with E-state index >= 15 is 0 Å². The summed E-state index contributed by atoms with van der Waals surface area (Å²) < 4.78 is 16.7. The molecule has 0 aromatic rings. The van der Waals surface area contributed by atoms with Crippen LogP contribution in [0.15, 0.2) is 97.2 Å². The van der Waals surface area contributed by atoms with Gasteiger partial charge in [0.15, 0.2) is 6.10 Å². The van der Waals surface area contributed by atoms with Crippen LogP contribution in [0.1, 0.15) is 226 Å². The van der Waals surface area contributed by atoms with Crippen molar-refractivity contribution in [1.29, 1.82) is 0 Å². The fourth-order valence-corrected chi connectivity index (χ4v) is 6.61. The van der Waals surface area contributed by atoms with Gasteiger partial charge in [0, 0.05) is 19.3 Å². The summed E-state index contributed by atoms with van der Waals surface area (Å²) >= 11 is 0. The van der Waals surface area contributed by atoms with Gasteiger partial charge in [-0.3, -0.25) is 14.4 Å². The first-order valence-electron chi connectivity index (χ1n) is 25.7. The van der Waals surface area contributed by atoms with Gasteiger partial charge in [-0.15, -0.1) is 0 Å². The summed E-state index contributed by atoms with van der Waals surface area (Å²) in [6.07, 6.45) is 66.9. The van der Waals surface area contributed by atoms with Crippen molar-refractivity contribution in [2.75, 3.05) is 13.2 Å². The minimum atomic E-state index is -0.829. The van der Waals surface area contributed by atoms with Crippen molar-refractivity contribution in [2.45, 2.75) is 232 Å². The lowest BCUT2D eigenvalue weighted by atomic mass is 10.1. The molecule has 1 unspecified atom stereocenters. The Balaban J connectivity index is 4.56. The molecule has 358 valence electrons. The Hall–Kier alpha value is -3.67. The zero-order valence-electron chi connectivity index (χ0n) is 40.8. The predicted molar refractivity (Wildman–Crippen MR) is 270 cm³/mol. The molecule has 0 saturated carbocycles. The Labute approximate surface area is 387 Å². The molecule has 0 amide bonds. The minimum Gasteiger partial charge on any atom is -0.462 e. The van der Waals surface area contributed by atoms with Gasteiger partial charge in [0.2, 0.25) is 0 Å². The first-order chi connectivity index (χ1) is 31.0. The van der Waals surface area contributed by atoms with Crippen molar-refractivity contribution in [2.24, 2.45) is 0 Å². The van der Waals surface area contributed by atoms with E-state index in [0.29, 0.717) is 19.3 Å². The molecule has 0 aliphatic rings. The van der Waals surface area contributed by atoms with Crippen LogP contribution in [0.5, 0.6) is 0 Å². The van der Waals surface area contributed by atoms with E-state index < -0.39 is 6.10 Å². The van der Waals surface area contributed by atoms with Gasteiger partial charge >= 0.3 is 17.9 Å². The van der Waals surface area contributed by atoms with Crippen LogP contribution in [0.2, 0.25) is 0 Å². The van der Waals surface area contributed by atoms with E-state index in [2.05, 4.69) is 118 Å². The highest BCUT2D eigenvalue weighted by Gasteiger charge is 2.19. The number of allylic oxidation sites excluding steroid dienone is 16. The molecule has 0 spiro atoms. The molecule has 0 aromatic carbocycles. The topological polar surface area (TPSA) is 78.9 Å². The predicted octanol–water partition coefficient (Wildman–Crippen LogP) is 17.0. The zero-order chi connectivity index (χ0) is 45.8. The summed E-state index contributed by atoms with van der Waals surface area (Å²) in [7, 11) is 0. The molecule has 0 heterocycles. The van der Waals surface area contributed by atoms with Crippen molar-refractivity contribution in [1.82, 2.24) is 0 Å². The number of hydrogen-bond donors (Lipinski definition) is 0. The van der Waals surface area contributed by atoms with E-state index in [0.717, 1.165) is 77.0 Å². The normalized spacial score (nSPS) is 12.9. The van der Waals surface area contributed by atoms with E-state index in [1.54, 1.807) is 0 Å². The van der Waals surface area contributed by atoms with Gasteiger partial charge in [-0.05, 0) is 109 Å². The molecule has 0 fully saturated rings. The molecule has 0 bridgehead atoms. The molecular weight excluding hydrogens is 781 g/mol. The van der Waals surface area contributed by atoms with Crippen LogP contribution in [0, 0.1) is 0 Å². The van der Waals surface area contributed by atoms with Crippen LogP contribution >= 0.6 is 0 Å². The summed E-state index contributed by atoms with van der Waals surface area (Å²) in [6, 6.07) is 0. The van der Waals surface area contributed by atoms with Crippen LogP contribution in [0.25, 0.3) is 0 Å². The van der Waals surface area contributed by atoms with Crippen LogP contribution in [0.4, 0.5) is 0 Å². The third kappa shape index (κ3) is 49.2. The van der Waals surface area contributed by atoms with Crippen molar-refractivity contribution in [3.63, 3.8) is 0 Å². The smallest absolute Gasteiger partial charge is 0.306 e. The zero-order valence-corrected chi connectivity index (χ0v) is 40.8. The summed E-state index contributed by atoms with van der Waals surface area (Å²) in [5.74, 6) is -1.05. The number of unbranched alkanes of at least 4 members (excludes halogenated alkanes) is 18. The highest BCUT2D eigenvalue weighted by atomic mass is 16.6. The van der Waals surface area contributed by atoms with Crippen molar-refractivity contribution >= 4 is 17.9 Å². The molecule has 0 aromatic heterocycles. The summed E-state index contributed by atoms with van der Waals surface area (Å²) in [5.41, 5.74) is 0. The van der Waals surface area contributed by atoms with Crippen molar-refractivity contribution in [3.05, 3.63) is 97.2 Å². The number of carbonyl (C=O) groups is 3. The van der Waals surface area contributed by atoms with Gasteiger partial charge < -0.3 is 14.2 Å². The van der Waals surface area contributed by atoms with Gasteiger partial charge in [0.25, 0.3) is 0 Å². The number of ether oxygens (including phenoxy) is 3. The van der Waals surface area contributed by atoms with Gasteiger partial charge in [0.05, 0.1) is 0 Å². The van der Waals surface area contributed by atoms with E-state index in [-0.39, 0.29) is 44.0 Å². The Morgan fingerprint density at radius 3 is 1.05 bits per heavy atom. The standard InChI is InChI=1S/C57H94O6/c1-4-7-10-13-16-19-22-24-26-28-30-32-35-38-41-44-47-50-56(59)62-53-54(52-61-55(58)49-46-43-40-37-34-21-18-15-12-9-6-3)63-57(60)51-48-45-42-39-36-33-31-29-27-25-23-20-17-14-11-8-5-2/h15-16,18-19,24-27,30-33,38-39,41-42,54H,4-14,17,20-23,28-29,34-37,40,43-53H2,1-3H3/b18-15-,19-16-,26-24-,27-25-,32-30-,33-31-,41-38-,42-39-.